The van der Waals surface area contributed by atoms with E-state index in [1.165, 1.54) is 14.9 Å². The van der Waals surface area contributed by atoms with Gasteiger partial charge in [0.05, 0.1) is 39.6 Å². The molecule has 4 aromatic rings. The van der Waals surface area contributed by atoms with Crippen molar-refractivity contribution in [3.8, 4) is 11.4 Å². The monoisotopic (exact) mass is 619 g/mol. The molecule has 3 aliphatic rings. The lowest BCUT2D eigenvalue weighted by atomic mass is 9.86. The quantitative estimate of drug-likeness (QED) is 0.223. The number of nitrogens with two attached hydrogens (primary N) is 1. The van der Waals surface area contributed by atoms with Crippen LogP contribution in [0.1, 0.15) is 35.6 Å². The minimum absolute atomic E-state index is 0.0153. The Morgan fingerprint density at radius 2 is 1.80 bits per heavy atom. The lowest BCUT2D eigenvalue weighted by molar-refractivity contribution is -0.172. The second kappa shape index (κ2) is 10.2. The molecular weight excluding hydrogens is 589 g/mol. The summed E-state index contributed by atoms with van der Waals surface area (Å²) in [6, 6.07) is 12.7. The molecule has 0 spiro atoms. The van der Waals surface area contributed by atoms with Crippen molar-refractivity contribution >= 4 is 32.6 Å². The van der Waals surface area contributed by atoms with Gasteiger partial charge in [-0.05, 0) is 36.2 Å². The van der Waals surface area contributed by atoms with Crippen LogP contribution < -0.4 is 11.3 Å². The molecule has 3 aliphatic heterocycles. The molecule has 0 amide bonds. The van der Waals surface area contributed by atoms with Crippen LogP contribution >= 0.6 is 0 Å². The molecule has 7 rings (SSSR count). The molecule has 11 nitrogen and oxygen atoms in total. The molecule has 3 N–H and O–H groups in total. The minimum Gasteiger partial charge on any atom is -0.458 e. The maximum Gasteiger partial charge on any atom is 0.343 e. The van der Waals surface area contributed by atoms with E-state index >= 15 is 0 Å². The highest BCUT2D eigenvalue weighted by molar-refractivity contribution is 7.89. The molecule has 5 heterocycles. The highest BCUT2D eigenvalue weighted by atomic mass is 32.2. The van der Waals surface area contributed by atoms with Gasteiger partial charge in [0.25, 0.3) is 5.56 Å². The van der Waals surface area contributed by atoms with E-state index in [4.69, 9.17) is 15.5 Å². The van der Waals surface area contributed by atoms with Gasteiger partial charge in [-0.1, -0.05) is 25.1 Å². The average molecular weight is 620 g/mol. The number of cyclic esters (lactones) is 1. The molecule has 2 aromatic carbocycles. The molecule has 0 aliphatic carbocycles. The smallest absolute Gasteiger partial charge is 0.343 e. The van der Waals surface area contributed by atoms with E-state index in [1.54, 1.807) is 49.4 Å². The van der Waals surface area contributed by atoms with Crippen LogP contribution in [0.4, 0.5) is 10.1 Å². The molecule has 0 saturated carbocycles. The number of aromatic nitrogens is 2. The Balaban J connectivity index is 1.29. The summed E-state index contributed by atoms with van der Waals surface area (Å²) >= 11 is 0. The van der Waals surface area contributed by atoms with E-state index in [2.05, 4.69) is 4.90 Å². The summed E-state index contributed by atoms with van der Waals surface area (Å²) in [5.41, 5.74) is 6.77. The Kier molecular flexibility index (Phi) is 6.62. The number of hydrogen-bond acceptors (Lipinski definition) is 9. The van der Waals surface area contributed by atoms with Gasteiger partial charge in [-0.2, -0.15) is 4.31 Å². The molecule has 1 saturated heterocycles. The lowest BCUT2D eigenvalue weighted by Gasteiger charge is -2.34. The van der Waals surface area contributed by atoms with E-state index in [-0.39, 0.29) is 54.4 Å². The fraction of sp³-hybridized carbons (Fsp3) is 0.323. The van der Waals surface area contributed by atoms with Gasteiger partial charge in [0.15, 0.2) is 5.60 Å². The van der Waals surface area contributed by atoms with Crippen molar-refractivity contribution in [3.05, 3.63) is 87.0 Å². The summed E-state index contributed by atoms with van der Waals surface area (Å²) in [6.45, 7) is 3.42. The van der Waals surface area contributed by atoms with E-state index < -0.39 is 33.0 Å². The highest BCUT2D eigenvalue weighted by Gasteiger charge is 2.45. The van der Waals surface area contributed by atoms with Gasteiger partial charge < -0.3 is 20.1 Å². The van der Waals surface area contributed by atoms with Crippen LogP contribution in [0.25, 0.3) is 22.3 Å². The topological polar surface area (TPSA) is 148 Å². The Morgan fingerprint density at radius 3 is 2.50 bits per heavy atom. The van der Waals surface area contributed by atoms with Crippen LogP contribution in [-0.2, 0) is 44.9 Å². The Hall–Kier alpha value is -4.17. The first-order chi connectivity index (χ1) is 21.0. The van der Waals surface area contributed by atoms with E-state index in [0.717, 1.165) is 11.1 Å². The summed E-state index contributed by atoms with van der Waals surface area (Å²) in [7, 11) is -3.63. The van der Waals surface area contributed by atoms with Gasteiger partial charge >= 0.3 is 5.97 Å². The number of ether oxygens (including phenoxy) is 1. The molecule has 1 fully saturated rings. The van der Waals surface area contributed by atoms with Crippen molar-refractivity contribution in [1.29, 1.82) is 0 Å². The van der Waals surface area contributed by atoms with Gasteiger partial charge in [0.2, 0.25) is 10.0 Å². The SMILES string of the molecule is CC[C@@]1(O)C(=O)OCc2c1cc1n(c2=O)Cc2c-1nc1cc(F)c(N)cc1c2CN1CCN(S(=O)(=O)c2ccccc2)CC1. The summed E-state index contributed by atoms with van der Waals surface area (Å²) < 4.78 is 49.2. The first kappa shape index (κ1) is 28.6. The third kappa shape index (κ3) is 4.25. The number of aliphatic hydroxyl groups is 1. The van der Waals surface area contributed by atoms with Crippen LogP contribution in [0.3, 0.4) is 0 Å². The van der Waals surface area contributed by atoms with Crippen LogP contribution in [0, 0.1) is 5.82 Å². The lowest BCUT2D eigenvalue weighted by Crippen LogP contribution is -2.48. The third-order valence-corrected chi connectivity index (χ3v) is 10.9. The maximum atomic E-state index is 14.7. The van der Waals surface area contributed by atoms with Crippen molar-refractivity contribution < 1.29 is 27.4 Å². The summed E-state index contributed by atoms with van der Waals surface area (Å²) in [4.78, 5) is 33.4. The number of nitrogens with zero attached hydrogens (tertiary/aromatic N) is 4. The van der Waals surface area contributed by atoms with Crippen molar-refractivity contribution in [3.63, 3.8) is 0 Å². The second-order valence-corrected chi connectivity index (χ2v) is 13.3. The second-order valence-electron chi connectivity index (χ2n) is 11.4. The molecule has 2 aromatic heterocycles. The van der Waals surface area contributed by atoms with Crippen LogP contribution in [0.5, 0.6) is 0 Å². The summed E-state index contributed by atoms with van der Waals surface area (Å²) in [5.74, 6) is -1.44. The summed E-state index contributed by atoms with van der Waals surface area (Å²) in [5, 5.41) is 11.8. The Labute approximate surface area is 252 Å². The minimum atomic E-state index is -3.63. The molecule has 0 radical (unpaired) electrons. The number of pyridine rings is 2. The zero-order chi connectivity index (χ0) is 31.0. The van der Waals surface area contributed by atoms with Gasteiger partial charge in [0, 0.05) is 55.3 Å². The van der Waals surface area contributed by atoms with Crippen molar-refractivity contribution in [2.45, 2.75) is 43.5 Å². The Bertz CT molecular complexity index is 2030. The zero-order valence-corrected chi connectivity index (χ0v) is 24.7. The number of benzene rings is 2. The average Bonchev–Trinajstić information content (AvgIpc) is 3.39. The predicted molar refractivity (Wildman–Crippen MR) is 159 cm³/mol. The molecule has 13 heteroatoms. The van der Waals surface area contributed by atoms with Crippen LogP contribution in [-0.4, -0.2) is 64.4 Å². The zero-order valence-electron chi connectivity index (χ0n) is 23.9. The standard InChI is InChI=1S/C31H30FN5O6S/c1-2-31(40)23-13-27-28-21(16-37(27)29(38)22(23)17-43-30(31)39)20(19-12-25(33)24(32)14-26(19)34-28)15-35-8-10-36(11-9-35)44(41,42)18-6-4-3-5-7-18/h3-7,12-14,40H,2,8-11,15-17,33H2,1H3/t31-/m0/s1. The maximum absolute atomic E-state index is 14.7. The first-order valence-corrected chi connectivity index (χ1v) is 15.8. The molecule has 228 valence electrons. The van der Waals surface area contributed by atoms with Gasteiger partial charge in [-0.15, -0.1) is 0 Å². The number of nitrogen functional groups attached to an aromatic ring is 1. The largest absolute Gasteiger partial charge is 0.458 e. The number of fused-ring (bicyclic) bond motifs is 5. The first-order valence-electron chi connectivity index (χ1n) is 14.4. The fourth-order valence-electron chi connectivity index (χ4n) is 6.47. The number of sulfonamides is 1. The number of halogens is 1. The number of rotatable bonds is 5. The fourth-order valence-corrected chi connectivity index (χ4v) is 7.92. The van der Waals surface area contributed by atoms with Crippen molar-refractivity contribution in [2.24, 2.45) is 0 Å². The number of carbonyl (C=O) groups is 1. The molecule has 0 bridgehead atoms. The normalized spacial score (nSPS) is 20.3. The van der Waals surface area contributed by atoms with E-state index in [9.17, 15) is 27.5 Å². The third-order valence-electron chi connectivity index (χ3n) is 9.02. The van der Waals surface area contributed by atoms with Crippen molar-refractivity contribution in [1.82, 2.24) is 18.8 Å². The van der Waals surface area contributed by atoms with Gasteiger partial charge in [-0.3, -0.25) is 9.69 Å². The van der Waals surface area contributed by atoms with Crippen LogP contribution in [0.15, 0.2) is 58.2 Å². The Morgan fingerprint density at radius 1 is 1.07 bits per heavy atom. The molecule has 1 atom stereocenters. The van der Waals surface area contributed by atoms with Crippen LogP contribution in [0.2, 0.25) is 0 Å². The molecular formula is C31H30FN5O6S. The number of esters is 1. The highest BCUT2D eigenvalue weighted by Crippen LogP contribution is 2.41. The van der Waals surface area contributed by atoms with E-state index in [0.29, 0.717) is 41.9 Å². The number of carbonyl (C=O) groups excluding carboxylic acids is 1. The molecule has 44 heavy (non-hydrogen) atoms. The predicted octanol–water partition coefficient (Wildman–Crippen LogP) is 2.31. The number of anilines is 1. The molecule has 0 unspecified atom stereocenters. The number of piperazine rings is 1. The van der Waals surface area contributed by atoms with Crippen molar-refractivity contribution in [2.75, 3.05) is 31.9 Å². The van der Waals surface area contributed by atoms with Gasteiger partial charge in [0.1, 0.15) is 12.4 Å². The number of hydrogen-bond donors (Lipinski definition) is 2. The van der Waals surface area contributed by atoms with Gasteiger partial charge in [-0.25, -0.2) is 22.6 Å². The summed E-state index contributed by atoms with van der Waals surface area (Å²) in [6.07, 6.45) is 0.0153. The van der Waals surface area contributed by atoms with E-state index in [1.807, 2.05) is 0 Å².